The van der Waals surface area contributed by atoms with Crippen LogP contribution in [-0.4, -0.2) is 68.5 Å². The number of ether oxygens (including phenoxy) is 9. The molecule has 0 N–H and O–H groups in total. The average molecular weight is 877 g/mol. The zero-order valence-corrected chi connectivity index (χ0v) is 36.3. The molecule has 2 aliphatic heterocycles. The highest BCUT2D eigenvalue weighted by Gasteiger charge is 2.50. The zero-order valence-electron chi connectivity index (χ0n) is 36.3. The summed E-state index contributed by atoms with van der Waals surface area (Å²) < 4.78 is 60.3. The Morgan fingerprint density at radius 3 is 1.22 bits per heavy atom. The molecule has 8 rings (SSSR count). The fourth-order valence-electron chi connectivity index (χ4n) is 7.91. The van der Waals surface area contributed by atoms with Crippen molar-refractivity contribution in [1.82, 2.24) is 0 Å². The lowest BCUT2D eigenvalue weighted by Crippen LogP contribution is -2.62. The first-order valence-corrected chi connectivity index (χ1v) is 22.2. The fraction of sp³-hybridized carbons (Fsp3) is 0.291. The average Bonchev–Trinajstić information content (AvgIpc) is 3.37. The van der Waals surface area contributed by atoms with Gasteiger partial charge in [0.15, 0.2) is 18.7 Å². The van der Waals surface area contributed by atoms with Crippen LogP contribution in [0.25, 0.3) is 0 Å². The maximum absolute atomic E-state index is 12.5. The van der Waals surface area contributed by atoms with Gasteiger partial charge < -0.3 is 42.6 Å². The van der Waals surface area contributed by atoms with Crippen LogP contribution < -0.4 is 0 Å². The van der Waals surface area contributed by atoms with Gasteiger partial charge in [-0.15, -0.1) is 0 Å². The summed E-state index contributed by atoms with van der Waals surface area (Å²) in [4.78, 5) is 12.5. The van der Waals surface area contributed by atoms with E-state index in [1.807, 2.05) is 182 Å². The monoisotopic (exact) mass is 876 g/mol. The molecular formula is C55H56O10. The third kappa shape index (κ3) is 13.4. The third-order valence-corrected chi connectivity index (χ3v) is 11.3. The van der Waals surface area contributed by atoms with Gasteiger partial charge in [-0.2, -0.15) is 0 Å². The molecule has 0 unspecified atom stereocenters. The maximum atomic E-state index is 12.5. The van der Waals surface area contributed by atoms with E-state index in [1.54, 1.807) is 0 Å². The summed E-state index contributed by atoms with van der Waals surface area (Å²) in [6.45, 7) is 1.88. The van der Waals surface area contributed by atoms with E-state index in [4.69, 9.17) is 42.6 Å². The van der Waals surface area contributed by atoms with E-state index in [0.29, 0.717) is 18.8 Å². The molecule has 1 saturated heterocycles. The van der Waals surface area contributed by atoms with Crippen LogP contribution >= 0.6 is 0 Å². The van der Waals surface area contributed by atoms with Crippen LogP contribution in [0.3, 0.4) is 0 Å². The van der Waals surface area contributed by atoms with Gasteiger partial charge in [0.2, 0.25) is 0 Å². The number of hydrogen-bond donors (Lipinski definition) is 0. The highest BCUT2D eigenvalue weighted by Crippen LogP contribution is 2.33. The molecule has 65 heavy (non-hydrogen) atoms. The van der Waals surface area contributed by atoms with Crippen molar-refractivity contribution in [3.05, 3.63) is 227 Å². The minimum absolute atomic E-state index is 0.0122. The van der Waals surface area contributed by atoms with Crippen molar-refractivity contribution in [1.29, 1.82) is 0 Å². The van der Waals surface area contributed by atoms with E-state index in [0.717, 1.165) is 39.7 Å². The largest absolute Gasteiger partial charge is 0.492 e. The lowest BCUT2D eigenvalue weighted by atomic mass is 9.97. The van der Waals surface area contributed by atoms with Gasteiger partial charge in [0, 0.05) is 0 Å². The lowest BCUT2D eigenvalue weighted by Gasteiger charge is -2.46. The molecule has 0 radical (unpaired) electrons. The summed E-state index contributed by atoms with van der Waals surface area (Å²) in [5.41, 5.74) is 6.24. The molecule has 1 fully saturated rings. The molecule has 0 spiro atoms. The third-order valence-electron chi connectivity index (χ3n) is 11.3. The summed E-state index contributed by atoms with van der Waals surface area (Å²) in [5.74, 6) is 0. The number of carbonyl (C=O) groups excluding carboxylic acids is 1. The van der Waals surface area contributed by atoms with Crippen molar-refractivity contribution in [3.8, 4) is 0 Å². The molecule has 0 bridgehead atoms. The Labute approximate surface area is 381 Å². The van der Waals surface area contributed by atoms with Gasteiger partial charge in [-0.05, 0) is 33.4 Å². The van der Waals surface area contributed by atoms with E-state index in [9.17, 15) is 4.79 Å². The Morgan fingerprint density at radius 1 is 0.385 bits per heavy atom. The van der Waals surface area contributed by atoms with E-state index >= 15 is 0 Å². The standard InChI is InChI=1S/C55H56O10/c56-31-47-38-58-48(51(60-34-43-23-11-3-12-24-43)50(47)59-33-42-21-9-2-10-22-42)40-64-55-54(63-37-46-29-17-6-18-30-46)53(62-36-45-27-15-5-16-28-45)52(61-35-44-25-13-4-14-26-44)49(65-55)39-57-32-41-19-7-1-8-20-41/h1-31,38,48-55H,32-37,39-40H2/t48-,49-,50-,51+,52+,53+,54-,55+/m1/s1. The molecule has 2 aliphatic rings. The first-order chi connectivity index (χ1) is 32.2. The molecule has 0 amide bonds. The van der Waals surface area contributed by atoms with E-state index in [1.165, 1.54) is 6.26 Å². The molecular weight excluding hydrogens is 821 g/mol. The van der Waals surface area contributed by atoms with Crippen LogP contribution in [0, 0.1) is 0 Å². The number of benzene rings is 6. The van der Waals surface area contributed by atoms with Gasteiger partial charge >= 0.3 is 0 Å². The van der Waals surface area contributed by atoms with Gasteiger partial charge in [0.05, 0.1) is 64.7 Å². The van der Waals surface area contributed by atoms with Crippen molar-refractivity contribution < 1.29 is 47.4 Å². The van der Waals surface area contributed by atoms with Crippen molar-refractivity contribution in [2.75, 3.05) is 13.2 Å². The molecule has 6 aromatic rings. The molecule has 2 heterocycles. The van der Waals surface area contributed by atoms with Gasteiger partial charge in [0.1, 0.15) is 36.6 Å². The van der Waals surface area contributed by atoms with Crippen LogP contribution in [0.2, 0.25) is 0 Å². The SMILES string of the molecule is O=CC1=CO[C@H](CO[C@H]2O[C@H](COCc3ccccc3)[C@H](OCc3ccccc3)[C@H](OCc3ccccc3)[C@H]2OCc2ccccc2)[C@H](OCc2ccccc2)[C@@H]1OCc1ccccc1. The van der Waals surface area contributed by atoms with Crippen LogP contribution in [-0.2, 0) is 87.1 Å². The topological polar surface area (TPSA) is 100 Å². The number of hydrogen-bond acceptors (Lipinski definition) is 10. The molecule has 0 saturated carbocycles. The van der Waals surface area contributed by atoms with Crippen molar-refractivity contribution in [2.45, 2.75) is 88.7 Å². The Kier molecular flexibility index (Phi) is 17.2. The lowest BCUT2D eigenvalue weighted by molar-refractivity contribution is -0.333. The zero-order chi connectivity index (χ0) is 44.3. The summed E-state index contributed by atoms with van der Waals surface area (Å²) in [5, 5.41) is 0. The first-order valence-electron chi connectivity index (χ1n) is 22.2. The van der Waals surface area contributed by atoms with Crippen molar-refractivity contribution >= 4 is 6.29 Å². The number of rotatable bonds is 23. The highest BCUT2D eigenvalue weighted by molar-refractivity contribution is 5.75. The van der Waals surface area contributed by atoms with E-state index in [-0.39, 0.29) is 39.6 Å². The fourth-order valence-corrected chi connectivity index (χ4v) is 7.91. The first kappa shape index (κ1) is 45.8. The molecule has 0 aromatic heterocycles. The molecule has 6 aromatic carbocycles. The summed E-state index contributed by atoms with van der Waals surface area (Å²) >= 11 is 0. The maximum Gasteiger partial charge on any atom is 0.187 e. The van der Waals surface area contributed by atoms with Gasteiger partial charge in [-0.1, -0.05) is 182 Å². The Hall–Kier alpha value is -5.79. The minimum Gasteiger partial charge on any atom is -0.492 e. The number of aldehydes is 1. The van der Waals surface area contributed by atoms with Gasteiger partial charge in [0.25, 0.3) is 0 Å². The highest BCUT2D eigenvalue weighted by atomic mass is 16.7. The summed E-state index contributed by atoms with van der Waals surface area (Å²) in [6.07, 6.45) is -3.76. The van der Waals surface area contributed by atoms with E-state index in [2.05, 4.69) is 0 Å². The Morgan fingerprint density at radius 2 is 0.769 bits per heavy atom. The molecule has 336 valence electrons. The number of carbonyl (C=O) groups is 1. The smallest absolute Gasteiger partial charge is 0.187 e. The van der Waals surface area contributed by atoms with Gasteiger partial charge in [-0.3, -0.25) is 4.79 Å². The molecule has 10 heteroatoms. The normalized spacial score (nSPS) is 23.0. The van der Waals surface area contributed by atoms with Crippen LogP contribution in [0.15, 0.2) is 194 Å². The van der Waals surface area contributed by atoms with Crippen LogP contribution in [0.4, 0.5) is 0 Å². The minimum atomic E-state index is -0.986. The second-order valence-corrected chi connectivity index (χ2v) is 16.0. The van der Waals surface area contributed by atoms with E-state index < -0.39 is 49.0 Å². The predicted molar refractivity (Wildman–Crippen MR) is 245 cm³/mol. The summed E-state index contributed by atoms with van der Waals surface area (Å²) in [6, 6.07) is 59.7. The molecule has 10 nitrogen and oxygen atoms in total. The Balaban J connectivity index is 1.10. The van der Waals surface area contributed by atoms with Gasteiger partial charge in [-0.25, -0.2) is 0 Å². The molecule has 0 aliphatic carbocycles. The summed E-state index contributed by atoms with van der Waals surface area (Å²) in [7, 11) is 0. The second-order valence-electron chi connectivity index (χ2n) is 16.0. The second kappa shape index (κ2) is 24.5. The van der Waals surface area contributed by atoms with Crippen LogP contribution in [0.1, 0.15) is 33.4 Å². The molecule has 8 atom stereocenters. The predicted octanol–water partition coefficient (Wildman–Crippen LogP) is 9.35. The van der Waals surface area contributed by atoms with Crippen LogP contribution in [0.5, 0.6) is 0 Å². The quantitative estimate of drug-likeness (QED) is 0.0580. The van der Waals surface area contributed by atoms with Crippen molar-refractivity contribution in [3.63, 3.8) is 0 Å². The Bertz CT molecular complexity index is 2280. The van der Waals surface area contributed by atoms with Crippen molar-refractivity contribution in [2.24, 2.45) is 0 Å².